The number of hydrogen-bond acceptors (Lipinski definition) is 2. The number of amides is 1. The number of ether oxygens (including phenoxy) is 1. The second-order valence-corrected chi connectivity index (χ2v) is 6.00. The molecule has 0 saturated heterocycles. The van der Waals surface area contributed by atoms with E-state index < -0.39 is 0 Å². The van der Waals surface area contributed by atoms with Gasteiger partial charge < -0.3 is 10.1 Å². The minimum atomic E-state index is -0.107. The van der Waals surface area contributed by atoms with Gasteiger partial charge in [0, 0.05) is 11.3 Å². The lowest BCUT2D eigenvalue weighted by Gasteiger charge is -2.11. The van der Waals surface area contributed by atoms with Gasteiger partial charge in [-0.1, -0.05) is 26.0 Å². The number of nitrogens with one attached hydrogen (secondary N) is 1. The van der Waals surface area contributed by atoms with Crippen LogP contribution >= 0.6 is 0 Å². The fourth-order valence-corrected chi connectivity index (χ4v) is 2.03. The summed E-state index contributed by atoms with van der Waals surface area (Å²) in [5, 5.41) is 2.96. The molecule has 0 bridgehead atoms. The maximum absolute atomic E-state index is 12.3. The van der Waals surface area contributed by atoms with Crippen molar-refractivity contribution >= 4 is 11.6 Å². The second-order valence-electron chi connectivity index (χ2n) is 6.00. The average molecular weight is 297 g/mol. The van der Waals surface area contributed by atoms with Gasteiger partial charge in [-0.15, -0.1) is 0 Å². The van der Waals surface area contributed by atoms with Crippen LogP contribution < -0.4 is 10.1 Å². The van der Waals surface area contributed by atoms with Gasteiger partial charge in [-0.05, 0) is 61.2 Å². The van der Waals surface area contributed by atoms with Crippen molar-refractivity contribution in [3.8, 4) is 5.75 Å². The SMILES string of the molecule is Cc1ccc(C)c(NC(=O)c2ccc(OCC(C)C)cc2)c1. The van der Waals surface area contributed by atoms with Crippen molar-refractivity contribution in [2.24, 2.45) is 5.92 Å². The zero-order valence-corrected chi connectivity index (χ0v) is 13.6. The summed E-state index contributed by atoms with van der Waals surface area (Å²) in [6.07, 6.45) is 0. The maximum Gasteiger partial charge on any atom is 0.255 e. The van der Waals surface area contributed by atoms with Crippen LogP contribution in [0.1, 0.15) is 35.3 Å². The highest BCUT2D eigenvalue weighted by molar-refractivity contribution is 6.04. The third-order valence-corrected chi connectivity index (χ3v) is 3.34. The zero-order chi connectivity index (χ0) is 16.1. The molecule has 2 aromatic carbocycles. The summed E-state index contributed by atoms with van der Waals surface area (Å²) in [7, 11) is 0. The highest BCUT2D eigenvalue weighted by Crippen LogP contribution is 2.19. The van der Waals surface area contributed by atoms with Gasteiger partial charge in [0.05, 0.1) is 6.61 Å². The molecule has 2 aromatic rings. The van der Waals surface area contributed by atoms with Gasteiger partial charge >= 0.3 is 0 Å². The van der Waals surface area contributed by atoms with E-state index >= 15 is 0 Å². The van der Waals surface area contributed by atoms with E-state index in [2.05, 4.69) is 19.2 Å². The lowest BCUT2D eigenvalue weighted by molar-refractivity contribution is 0.102. The van der Waals surface area contributed by atoms with Crippen molar-refractivity contribution in [1.29, 1.82) is 0 Å². The molecule has 22 heavy (non-hydrogen) atoms. The first-order chi connectivity index (χ1) is 10.5. The Morgan fingerprint density at radius 1 is 1.09 bits per heavy atom. The topological polar surface area (TPSA) is 38.3 Å². The van der Waals surface area contributed by atoms with Crippen LogP contribution in [-0.2, 0) is 0 Å². The van der Waals surface area contributed by atoms with Gasteiger partial charge in [-0.3, -0.25) is 4.79 Å². The van der Waals surface area contributed by atoms with Crippen LogP contribution in [0.15, 0.2) is 42.5 Å². The molecular formula is C19H23NO2. The number of aryl methyl sites for hydroxylation is 2. The quantitative estimate of drug-likeness (QED) is 0.876. The smallest absolute Gasteiger partial charge is 0.255 e. The fourth-order valence-electron chi connectivity index (χ4n) is 2.03. The minimum absolute atomic E-state index is 0.107. The van der Waals surface area contributed by atoms with Crippen molar-refractivity contribution in [2.45, 2.75) is 27.7 Å². The second kappa shape index (κ2) is 7.12. The molecule has 0 fully saturated rings. The number of anilines is 1. The Labute approximate surface area is 132 Å². The number of carbonyl (C=O) groups excluding carboxylic acids is 1. The van der Waals surface area contributed by atoms with Gasteiger partial charge in [0.2, 0.25) is 0 Å². The highest BCUT2D eigenvalue weighted by atomic mass is 16.5. The van der Waals surface area contributed by atoms with Crippen LogP contribution in [-0.4, -0.2) is 12.5 Å². The van der Waals surface area contributed by atoms with Crippen LogP contribution in [0.4, 0.5) is 5.69 Å². The lowest BCUT2D eigenvalue weighted by Crippen LogP contribution is -2.13. The first-order valence-electron chi connectivity index (χ1n) is 7.57. The molecule has 0 unspecified atom stereocenters. The molecule has 0 aromatic heterocycles. The largest absolute Gasteiger partial charge is 0.493 e. The normalized spacial score (nSPS) is 10.6. The van der Waals surface area contributed by atoms with Crippen molar-refractivity contribution in [2.75, 3.05) is 11.9 Å². The van der Waals surface area contributed by atoms with E-state index in [1.165, 1.54) is 0 Å². The molecule has 1 N–H and O–H groups in total. The predicted molar refractivity (Wildman–Crippen MR) is 90.6 cm³/mol. The fraction of sp³-hybridized carbons (Fsp3) is 0.316. The van der Waals surface area contributed by atoms with Crippen LogP contribution in [0.2, 0.25) is 0 Å². The number of carbonyl (C=O) groups is 1. The van der Waals surface area contributed by atoms with E-state index in [1.807, 2.05) is 44.2 Å². The molecule has 0 atom stereocenters. The van der Waals surface area contributed by atoms with Gasteiger partial charge in [-0.2, -0.15) is 0 Å². The van der Waals surface area contributed by atoms with Crippen LogP contribution in [0.25, 0.3) is 0 Å². The summed E-state index contributed by atoms with van der Waals surface area (Å²) in [5.74, 6) is 1.16. The van der Waals surface area contributed by atoms with E-state index in [9.17, 15) is 4.79 Å². The molecule has 0 aliphatic rings. The molecule has 0 aliphatic heterocycles. The molecule has 0 spiro atoms. The summed E-state index contributed by atoms with van der Waals surface area (Å²) < 4.78 is 5.62. The molecule has 116 valence electrons. The summed E-state index contributed by atoms with van der Waals surface area (Å²) in [6, 6.07) is 13.3. The van der Waals surface area contributed by atoms with E-state index in [4.69, 9.17) is 4.74 Å². The van der Waals surface area contributed by atoms with Crippen LogP contribution in [0.5, 0.6) is 5.75 Å². The first kappa shape index (κ1) is 16.1. The summed E-state index contributed by atoms with van der Waals surface area (Å²) in [5.41, 5.74) is 3.65. The Morgan fingerprint density at radius 2 is 1.77 bits per heavy atom. The molecule has 0 radical (unpaired) electrons. The van der Waals surface area contributed by atoms with Gasteiger partial charge in [0.1, 0.15) is 5.75 Å². The van der Waals surface area contributed by atoms with Gasteiger partial charge in [0.15, 0.2) is 0 Å². The molecule has 0 heterocycles. The Morgan fingerprint density at radius 3 is 2.41 bits per heavy atom. The van der Waals surface area contributed by atoms with Crippen molar-refractivity contribution in [3.05, 3.63) is 59.2 Å². The summed E-state index contributed by atoms with van der Waals surface area (Å²) in [4.78, 5) is 12.3. The van der Waals surface area contributed by atoms with E-state index in [1.54, 1.807) is 12.1 Å². The van der Waals surface area contributed by atoms with E-state index in [0.717, 1.165) is 22.6 Å². The van der Waals surface area contributed by atoms with E-state index in [-0.39, 0.29) is 5.91 Å². The van der Waals surface area contributed by atoms with Crippen LogP contribution in [0, 0.1) is 19.8 Å². The van der Waals surface area contributed by atoms with Crippen molar-refractivity contribution in [3.63, 3.8) is 0 Å². The highest BCUT2D eigenvalue weighted by Gasteiger charge is 2.08. The molecule has 3 heteroatoms. The van der Waals surface area contributed by atoms with Crippen molar-refractivity contribution < 1.29 is 9.53 Å². The predicted octanol–water partition coefficient (Wildman–Crippen LogP) is 4.59. The lowest BCUT2D eigenvalue weighted by atomic mass is 10.1. The Kier molecular flexibility index (Phi) is 5.21. The molecule has 0 aliphatic carbocycles. The van der Waals surface area contributed by atoms with Gasteiger partial charge in [0.25, 0.3) is 5.91 Å². The maximum atomic E-state index is 12.3. The zero-order valence-electron chi connectivity index (χ0n) is 13.6. The Hall–Kier alpha value is -2.29. The molecule has 2 rings (SSSR count). The third-order valence-electron chi connectivity index (χ3n) is 3.34. The standard InChI is InChI=1S/C19H23NO2/c1-13(2)12-22-17-9-7-16(8-10-17)19(21)20-18-11-14(3)5-6-15(18)4/h5-11,13H,12H2,1-4H3,(H,20,21). The number of benzene rings is 2. The van der Waals surface area contributed by atoms with E-state index in [0.29, 0.717) is 18.1 Å². The summed E-state index contributed by atoms with van der Waals surface area (Å²) >= 11 is 0. The molecule has 3 nitrogen and oxygen atoms in total. The Balaban J connectivity index is 2.05. The first-order valence-corrected chi connectivity index (χ1v) is 7.57. The van der Waals surface area contributed by atoms with Crippen LogP contribution in [0.3, 0.4) is 0 Å². The molecule has 1 amide bonds. The van der Waals surface area contributed by atoms with Gasteiger partial charge in [-0.25, -0.2) is 0 Å². The average Bonchev–Trinajstić information content (AvgIpc) is 2.49. The number of rotatable bonds is 5. The molecular weight excluding hydrogens is 274 g/mol. The third kappa shape index (κ3) is 4.35. The Bertz CT molecular complexity index is 645. The minimum Gasteiger partial charge on any atom is -0.493 e. The molecule has 0 saturated carbocycles. The number of hydrogen-bond donors (Lipinski definition) is 1. The monoisotopic (exact) mass is 297 g/mol. The summed E-state index contributed by atoms with van der Waals surface area (Å²) in [6.45, 7) is 8.87. The van der Waals surface area contributed by atoms with Crippen molar-refractivity contribution in [1.82, 2.24) is 0 Å².